The van der Waals surface area contributed by atoms with Crippen LogP contribution < -0.4 is 9.80 Å². The molecule has 0 radical (unpaired) electrons. The van der Waals surface area contributed by atoms with Crippen LogP contribution in [-0.4, -0.2) is 84.9 Å². The Bertz CT molecular complexity index is 926. The van der Waals surface area contributed by atoms with Gasteiger partial charge in [-0.3, -0.25) is 9.59 Å². The monoisotopic (exact) mass is 492 g/mol. The Morgan fingerprint density at radius 1 is 0.722 bits per heavy atom. The second kappa shape index (κ2) is 11.7. The van der Waals surface area contributed by atoms with E-state index in [1.165, 1.54) is 25.7 Å². The Labute approximate surface area is 215 Å². The number of carbonyl (C=O) groups is 2. The molecule has 2 aromatic heterocycles. The minimum Gasteiger partial charge on any atom is -0.357 e. The van der Waals surface area contributed by atoms with Gasteiger partial charge in [0.1, 0.15) is 11.6 Å². The molecule has 8 heteroatoms. The van der Waals surface area contributed by atoms with Crippen molar-refractivity contribution in [3.63, 3.8) is 0 Å². The molecule has 0 spiro atoms. The number of pyridine rings is 2. The van der Waals surface area contributed by atoms with E-state index in [1.807, 2.05) is 24.3 Å². The Kier molecular flexibility index (Phi) is 8.44. The van der Waals surface area contributed by atoms with Crippen LogP contribution in [0.2, 0.25) is 0 Å². The maximum atomic E-state index is 12.9. The zero-order chi connectivity index (χ0) is 25.7. The Morgan fingerprint density at radius 3 is 1.39 bits per heavy atom. The van der Waals surface area contributed by atoms with Gasteiger partial charge in [0, 0.05) is 65.8 Å². The Hall–Kier alpha value is -3.16. The minimum absolute atomic E-state index is 0.0935. The van der Waals surface area contributed by atoms with E-state index >= 15 is 0 Å². The molecule has 194 valence electrons. The fraction of sp³-hybridized carbons (Fsp3) is 0.571. The third-order valence-electron chi connectivity index (χ3n) is 7.67. The molecule has 0 atom stereocenters. The van der Waals surface area contributed by atoms with Crippen molar-refractivity contribution in [2.24, 2.45) is 11.8 Å². The topological polar surface area (TPSA) is 72.9 Å². The highest BCUT2D eigenvalue weighted by molar-refractivity contribution is 5.95. The molecule has 36 heavy (non-hydrogen) atoms. The van der Waals surface area contributed by atoms with Gasteiger partial charge >= 0.3 is 0 Å². The van der Waals surface area contributed by atoms with Crippen molar-refractivity contribution in [1.29, 1.82) is 0 Å². The molecule has 0 N–H and O–H groups in total. The quantitative estimate of drug-likeness (QED) is 0.586. The summed E-state index contributed by atoms with van der Waals surface area (Å²) >= 11 is 0. The van der Waals surface area contributed by atoms with E-state index in [4.69, 9.17) is 0 Å². The highest BCUT2D eigenvalue weighted by Gasteiger charge is 2.20. The van der Waals surface area contributed by atoms with Crippen molar-refractivity contribution >= 4 is 23.5 Å². The van der Waals surface area contributed by atoms with Crippen LogP contribution in [0.15, 0.2) is 36.7 Å². The van der Waals surface area contributed by atoms with Crippen molar-refractivity contribution in [3.05, 3.63) is 47.8 Å². The molecule has 0 saturated carbocycles. The van der Waals surface area contributed by atoms with Crippen molar-refractivity contribution in [3.8, 4) is 0 Å². The van der Waals surface area contributed by atoms with Crippen LogP contribution in [0.4, 0.5) is 11.6 Å². The van der Waals surface area contributed by atoms with E-state index in [1.54, 1.807) is 36.3 Å². The predicted molar refractivity (Wildman–Crippen MR) is 144 cm³/mol. The Balaban J connectivity index is 1.26. The molecule has 2 fully saturated rings. The summed E-state index contributed by atoms with van der Waals surface area (Å²) in [5, 5.41) is 0. The Morgan fingerprint density at radius 2 is 1.08 bits per heavy atom. The summed E-state index contributed by atoms with van der Waals surface area (Å²) in [6.45, 7) is 9.49. The third-order valence-corrected chi connectivity index (χ3v) is 7.67. The standard InChI is InChI=1S/C28H40N6O2/c1-21-9-13-33(14-10-21)25-7-5-23(19-29-25)27(35)31(3)17-18-32(4)28(36)24-6-8-26(30-20-24)34-15-11-22(2)12-16-34/h5-8,19-22H,9-18H2,1-4H3. The second-order valence-corrected chi connectivity index (χ2v) is 10.6. The van der Waals surface area contributed by atoms with Crippen molar-refractivity contribution in [2.75, 3.05) is 63.2 Å². The summed E-state index contributed by atoms with van der Waals surface area (Å²) in [7, 11) is 3.52. The number of hydrogen-bond acceptors (Lipinski definition) is 6. The van der Waals surface area contributed by atoms with Gasteiger partial charge in [-0.05, 0) is 61.8 Å². The summed E-state index contributed by atoms with van der Waals surface area (Å²) < 4.78 is 0. The zero-order valence-electron chi connectivity index (χ0n) is 22.2. The van der Waals surface area contributed by atoms with Crippen molar-refractivity contribution in [2.45, 2.75) is 39.5 Å². The SMILES string of the molecule is CC1CCN(c2ccc(C(=O)N(C)CCN(C)C(=O)c3ccc(N4CCC(C)CC4)nc3)cn2)CC1. The second-order valence-electron chi connectivity index (χ2n) is 10.6. The smallest absolute Gasteiger partial charge is 0.255 e. The molecule has 0 unspecified atom stereocenters. The zero-order valence-corrected chi connectivity index (χ0v) is 22.2. The van der Waals surface area contributed by atoms with Gasteiger partial charge in [0.15, 0.2) is 0 Å². The van der Waals surface area contributed by atoms with Gasteiger partial charge in [-0.2, -0.15) is 0 Å². The van der Waals surface area contributed by atoms with Crippen LogP contribution in [0.5, 0.6) is 0 Å². The van der Waals surface area contributed by atoms with Gasteiger partial charge in [-0.15, -0.1) is 0 Å². The van der Waals surface area contributed by atoms with E-state index in [2.05, 4.69) is 33.6 Å². The number of amides is 2. The van der Waals surface area contributed by atoms with E-state index in [-0.39, 0.29) is 11.8 Å². The van der Waals surface area contributed by atoms with E-state index in [0.717, 1.165) is 49.7 Å². The number of anilines is 2. The van der Waals surface area contributed by atoms with Crippen LogP contribution >= 0.6 is 0 Å². The first-order valence-corrected chi connectivity index (χ1v) is 13.2. The van der Waals surface area contributed by atoms with E-state index in [0.29, 0.717) is 24.2 Å². The molecular formula is C28H40N6O2. The molecular weight excluding hydrogens is 452 g/mol. The molecule has 8 nitrogen and oxygen atoms in total. The van der Waals surface area contributed by atoms with Crippen molar-refractivity contribution in [1.82, 2.24) is 19.8 Å². The number of likely N-dealkylation sites (N-methyl/N-ethyl adjacent to an activating group) is 2. The number of rotatable bonds is 7. The number of nitrogens with zero attached hydrogens (tertiary/aromatic N) is 6. The van der Waals surface area contributed by atoms with Crippen molar-refractivity contribution < 1.29 is 9.59 Å². The molecule has 2 aromatic rings. The lowest BCUT2D eigenvalue weighted by Crippen LogP contribution is -2.37. The molecule has 4 rings (SSSR count). The van der Waals surface area contributed by atoms with E-state index < -0.39 is 0 Å². The fourth-order valence-electron chi connectivity index (χ4n) is 4.82. The lowest BCUT2D eigenvalue weighted by Gasteiger charge is -2.31. The first kappa shape index (κ1) is 25.9. The summed E-state index contributed by atoms with van der Waals surface area (Å²) in [4.78, 5) is 42.7. The highest BCUT2D eigenvalue weighted by Crippen LogP contribution is 2.22. The third kappa shape index (κ3) is 6.33. The average molecular weight is 493 g/mol. The van der Waals surface area contributed by atoms with Crippen LogP contribution in [0.1, 0.15) is 60.2 Å². The minimum atomic E-state index is -0.0935. The maximum absolute atomic E-state index is 12.9. The fourth-order valence-corrected chi connectivity index (χ4v) is 4.82. The van der Waals surface area contributed by atoms with Gasteiger partial charge in [-0.25, -0.2) is 9.97 Å². The van der Waals surface area contributed by atoms with E-state index in [9.17, 15) is 9.59 Å². The molecule has 4 heterocycles. The average Bonchev–Trinajstić information content (AvgIpc) is 2.92. The molecule has 2 saturated heterocycles. The van der Waals surface area contributed by atoms with Gasteiger partial charge in [-0.1, -0.05) is 13.8 Å². The largest absolute Gasteiger partial charge is 0.357 e. The van der Waals surface area contributed by atoms with Crippen LogP contribution in [0, 0.1) is 11.8 Å². The normalized spacial score (nSPS) is 17.2. The highest BCUT2D eigenvalue weighted by atomic mass is 16.2. The first-order chi connectivity index (χ1) is 17.3. The summed E-state index contributed by atoms with van der Waals surface area (Å²) in [6.07, 6.45) is 8.03. The van der Waals surface area contributed by atoms with Gasteiger partial charge in [0.25, 0.3) is 11.8 Å². The van der Waals surface area contributed by atoms with Crippen LogP contribution in [0.25, 0.3) is 0 Å². The molecule has 2 aliphatic rings. The maximum Gasteiger partial charge on any atom is 0.255 e. The van der Waals surface area contributed by atoms with Gasteiger partial charge < -0.3 is 19.6 Å². The number of aromatic nitrogens is 2. The van der Waals surface area contributed by atoms with Gasteiger partial charge in [0.05, 0.1) is 11.1 Å². The summed E-state index contributed by atoms with van der Waals surface area (Å²) in [6, 6.07) is 7.58. The van der Waals surface area contributed by atoms with Gasteiger partial charge in [0.2, 0.25) is 0 Å². The summed E-state index contributed by atoms with van der Waals surface area (Å²) in [5.74, 6) is 3.20. The molecule has 2 amide bonds. The molecule has 0 bridgehead atoms. The number of carbonyl (C=O) groups excluding carboxylic acids is 2. The molecule has 2 aliphatic heterocycles. The predicted octanol–water partition coefficient (Wildman–Crippen LogP) is 3.79. The molecule has 0 aliphatic carbocycles. The molecule has 0 aromatic carbocycles. The summed E-state index contributed by atoms with van der Waals surface area (Å²) in [5.41, 5.74) is 1.13. The van der Waals surface area contributed by atoms with Crippen LogP contribution in [0.3, 0.4) is 0 Å². The lowest BCUT2D eigenvalue weighted by molar-refractivity contribution is 0.0718. The van der Waals surface area contributed by atoms with Crippen LogP contribution in [-0.2, 0) is 0 Å². The number of hydrogen-bond donors (Lipinski definition) is 0. The lowest BCUT2D eigenvalue weighted by atomic mass is 9.99. The number of piperidine rings is 2. The first-order valence-electron chi connectivity index (χ1n) is 13.2.